The number of rotatable bonds is 6. The van der Waals surface area contributed by atoms with E-state index < -0.39 is 0 Å². The molecule has 0 bridgehead atoms. The first-order chi connectivity index (χ1) is 13.4. The number of pyridine rings is 1. The van der Waals surface area contributed by atoms with Crippen molar-refractivity contribution in [3.8, 4) is 0 Å². The summed E-state index contributed by atoms with van der Waals surface area (Å²) in [7, 11) is 3.99. The number of nitrogens with one attached hydrogen (secondary N) is 2. The zero-order chi connectivity index (χ0) is 20.1. The van der Waals surface area contributed by atoms with Crippen LogP contribution in [0.1, 0.15) is 27.8 Å². The highest BCUT2D eigenvalue weighted by Crippen LogP contribution is 2.20. The van der Waals surface area contributed by atoms with Crippen molar-refractivity contribution in [2.24, 2.45) is 0 Å². The van der Waals surface area contributed by atoms with Crippen LogP contribution in [-0.2, 0) is 0 Å². The van der Waals surface area contributed by atoms with Crippen molar-refractivity contribution < 1.29 is 9.59 Å². The van der Waals surface area contributed by atoms with Gasteiger partial charge in [-0.15, -0.1) is 0 Å². The van der Waals surface area contributed by atoms with Crippen LogP contribution in [0.25, 0.3) is 0 Å². The molecular weight excluding hydrogens is 352 g/mol. The fourth-order valence-electron chi connectivity index (χ4n) is 2.60. The Morgan fingerprint density at radius 2 is 1.43 bits per heavy atom. The second kappa shape index (κ2) is 8.35. The van der Waals surface area contributed by atoms with Gasteiger partial charge in [-0.05, 0) is 67.6 Å². The van der Waals surface area contributed by atoms with Gasteiger partial charge in [-0.1, -0.05) is 0 Å². The van der Waals surface area contributed by atoms with Crippen LogP contribution >= 0.6 is 0 Å². The third-order valence-corrected chi connectivity index (χ3v) is 4.22. The summed E-state index contributed by atoms with van der Waals surface area (Å²) in [6, 6.07) is 18.2. The molecule has 0 atom stereocenters. The molecule has 0 saturated heterocycles. The Balaban J connectivity index is 1.63. The molecule has 28 heavy (non-hydrogen) atoms. The normalized spacial score (nSPS) is 10.2. The van der Waals surface area contributed by atoms with E-state index in [1.165, 1.54) is 6.92 Å². The number of carbonyl (C=O) groups excluding carboxylic acids is 2. The molecule has 0 unspecified atom stereocenters. The van der Waals surface area contributed by atoms with E-state index in [1.807, 2.05) is 43.3 Å². The van der Waals surface area contributed by atoms with E-state index in [0.717, 1.165) is 17.1 Å². The van der Waals surface area contributed by atoms with Crippen molar-refractivity contribution in [3.63, 3.8) is 0 Å². The van der Waals surface area contributed by atoms with E-state index in [2.05, 4.69) is 15.6 Å². The highest BCUT2D eigenvalue weighted by atomic mass is 16.2. The van der Waals surface area contributed by atoms with Gasteiger partial charge in [-0.2, -0.15) is 0 Å². The molecule has 6 heteroatoms. The van der Waals surface area contributed by atoms with Crippen LogP contribution in [0.2, 0.25) is 0 Å². The lowest BCUT2D eigenvalue weighted by molar-refractivity contribution is 0.101. The standard InChI is InChI=1S/C22H22N4O2/c1-15(27)16-4-6-18(7-5-16)25-22(28)21-13-10-19(14-23-21)24-17-8-11-20(12-9-17)26(2)3/h4-14,24H,1-3H3,(H,25,28). The fraction of sp³-hybridized carbons (Fsp3) is 0.136. The lowest BCUT2D eigenvalue weighted by Gasteiger charge is -2.13. The van der Waals surface area contributed by atoms with Gasteiger partial charge < -0.3 is 15.5 Å². The Hall–Kier alpha value is -3.67. The average Bonchev–Trinajstić information content (AvgIpc) is 2.69. The highest BCUT2D eigenvalue weighted by Gasteiger charge is 2.08. The maximum atomic E-state index is 12.3. The van der Waals surface area contributed by atoms with Gasteiger partial charge in [0.25, 0.3) is 5.91 Å². The second-order valence-electron chi connectivity index (χ2n) is 6.59. The van der Waals surface area contributed by atoms with Crippen LogP contribution < -0.4 is 15.5 Å². The van der Waals surface area contributed by atoms with Crippen LogP contribution in [0, 0.1) is 0 Å². The van der Waals surface area contributed by atoms with Gasteiger partial charge in [0.15, 0.2) is 5.78 Å². The van der Waals surface area contributed by atoms with Gasteiger partial charge in [-0.25, -0.2) is 4.98 Å². The van der Waals surface area contributed by atoms with Crippen LogP contribution in [0.3, 0.4) is 0 Å². The minimum Gasteiger partial charge on any atom is -0.378 e. The minimum atomic E-state index is -0.308. The summed E-state index contributed by atoms with van der Waals surface area (Å²) in [6.45, 7) is 1.50. The first kappa shape index (κ1) is 19.1. The van der Waals surface area contributed by atoms with Crippen molar-refractivity contribution in [2.45, 2.75) is 6.92 Å². The summed E-state index contributed by atoms with van der Waals surface area (Å²) in [5, 5.41) is 6.03. The van der Waals surface area contributed by atoms with Crippen LogP contribution in [0.4, 0.5) is 22.7 Å². The number of ketones is 1. The number of carbonyl (C=O) groups is 2. The molecule has 0 saturated carbocycles. The number of aromatic nitrogens is 1. The van der Waals surface area contributed by atoms with Crippen molar-refractivity contribution >= 4 is 34.4 Å². The first-order valence-corrected chi connectivity index (χ1v) is 8.85. The molecule has 142 valence electrons. The van der Waals surface area contributed by atoms with Crippen LogP contribution in [-0.4, -0.2) is 30.8 Å². The van der Waals surface area contributed by atoms with Crippen molar-refractivity contribution in [3.05, 3.63) is 78.1 Å². The molecule has 0 radical (unpaired) electrons. The summed E-state index contributed by atoms with van der Waals surface area (Å²) in [5.74, 6) is -0.323. The SMILES string of the molecule is CC(=O)c1ccc(NC(=O)c2ccc(Nc3ccc(N(C)C)cc3)cn2)cc1. The van der Waals surface area contributed by atoms with Crippen molar-refractivity contribution in [1.82, 2.24) is 4.98 Å². The summed E-state index contributed by atoms with van der Waals surface area (Å²) in [5.41, 5.74) is 4.37. The van der Waals surface area contributed by atoms with Crippen LogP contribution in [0.15, 0.2) is 66.9 Å². The maximum Gasteiger partial charge on any atom is 0.274 e. The molecule has 1 heterocycles. The van der Waals surface area contributed by atoms with Crippen LogP contribution in [0.5, 0.6) is 0 Å². The summed E-state index contributed by atoms with van der Waals surface area (Å²) < 4.78 is 0. The number of hydrogen-bond donors (Lipinski definition) is 2. The Bertz CT molecular complexity index is 963. The number of Topliss-reactive ketones (excluding diaryl/α,β-unsaturated/α-hetero) is 1. The predicted octanol–water partition coefficient (Wildman–Crippen LogP) is 4.35. The molecular formula is C22H22N4O2. The minimum absolute atomic E-state index is 0.0148. The van der Waals surface area contributed by atoms with Gasteiger partial charge in [0.1, 0.15) is 5.69 Å². The molecule has 1 aromatic heterocycles. The lowest BCUT2D eigenvalue weighted by atomic mass is 10.1. The number of benzene rings is 2. The number of nitrogens with zero attached hydrogens (tertiary/aromatic N) is 2. The molecule has 0 fully saturated rings. The third kappa shape index (κ3) is 4.73. The first-order valence-electron chi connectivity index (χ1n) is 8.85. The molecule has 2 aromatic carbocycles. The number of amides is 1. The Kier molecular flexibility index (Phi) is 5.69. The quantitative estimate of drug-likeness (QED) is 0.628. The van der Waals surface area contributed by atoms with Gasteiger partial charge >= 0.3 is 0 Å². The Morgan fingerprint density at radius 3 is 1.96 bits per heavy atom. The van der Waals surface area contributed by atoms with Crippen molar-refractivity contribution in [2.75, 3.05) is 29.6 Å². The number of hydrogen-bond acceptors (Lipinski definition) is 5. The second-order valence-corrected chi connectivity index (χ2v) is 6.59. The third-order valence-electron chi connectivity index (χ3n) is 4.22. The number of anilines is 4. The van der Waals surface area contributed by atoms with E-state index >= 15 is 0 Å². The fourth-order valence-corrected chi connectivity index (χ4v) is 2.60. The Labute approximate surface area is 164 Å². The molecule has 3 aromatic rings. The zero-order valence-corrected chi connectivity index (χ0v) is 16.1. The largest absolute Gasteiger partial charge is 0.378 e. The summed E-state index contributed by atoms with van der Waals surface area (Å²) in [4.78, 5) is 29.9. The smallest absolute Gasteiger partial charge is 0.274 e. The summed E-state index contributed by atoms with van der Waals surface area (Å²) >= 11 is 0. The molecule has 1 amide bonds. The zero-order valence-electron chi connectivity index (χ0n) is 16.1. The molecule has 3 rings (SSSR count). The molecule has 2 N–H and O–H groups in total. The van der Waals surface area contributed by atoms with E-state index in [0.29, 0.717) is 16.9 Å². The van der Waals surface area contributed by atoms with E-state index in [4.69, 9.17) is 0 Å². The molecule has 0 aliphatic heterocycles. The highest BCUT2D eigenvalue weighted by molar-refractivity contribution is 6.03. The molecule has 0 spiro atoms. The molecule has 0 aliphatic carbocycles. The summed E-state index contributed by atoms with van der Waals surface area (Å²) in [6.07, 6.45) is 1.62. The van der Waals surface area contributed by atoms with E-state index in [1.54, 1.807) is 42.6 Å². The van der Waals surface area contributed by atoms with Gasteiger partial charge in [0.05, 0.1) is 11.9 Å². The lowest BCUT2D eigenvalue weighted by Crippen LogP contribution is -2.13. The van der Waals surface area contributed by atoms with E-state index in [9.17, 15) is 9.59 Å². The van der Waals surface area contributed by atoms with Gasteiger partial charge in [-0.3, -0.25) is 9.59 Å². The van der Waals surface area contributed by atoms with Gasteiger partial charge in [0, 0.05) is 36.7 Å². The van der Waals surface area contributed by atoms with E-state index in [-0.39, 0.29) is 11.7 Å². The molecule has 0 aliphatic rings. The topological polar surface area (TPSA) is 74.3 Å². The van der Waals surface area contributed by atoms with Gasteiger partial charge in [0.2, 0.25) is 0 Å². The maximum absolute atomic E-state index is 12.3. The molecule has 6 nitrogen and oxygen atoms in total. The predicted molar refractivity (Wildman–Crippen MR) is 113 cm³/mol. The Morgan fingerprint density at radius 1 is 0.821 bits per heavy atom. The average molecular weight is 374 g/mol. The monoisotopic (exact) mass is 374 g/mol. The van der Waals surface area contributed by atoms with Crippen molar-refractivity contribution in [1.29, 1.82) is 0 Å².